The first-order valence-corrected chi connectivity index (χ1v) is 7.72. The van der Waals surface area contributed by atoms with Crippen LogP contribution >= 0.6 is 11.3 Å². The van der Waals surface area contributed by atoms with Crippen LogP contribution in [0.25, 0.3) is 0 Å². The minimum atomic E-state index is 0.555. The maximum atomic E-state index is 5.68. The topological polar surface area (TPSA) is 30.8 Å². The lowest BCUT2D eigenvalue weighted by Crippen LogP contribution is -2.03. The summed E-state index contributed by atoms with van der Waals surface area (Å²) in [5.41, 5.74) is 3.95. The van der Waals surface area contributed by atoms with Crippen molar-refractivity contribution in [1.82, 2.24) is 0 Å². The average molecular weight is 301 g/mol. The van der Waals surface area contributed by atoms with E-state index in [2.05, 4.69) is 18.7 Å². The highest BCUT2D eigenvalue weighted by Gasteiger charge is 2.08. The maximum Gasteiger partial charge on any atom is 0.119 e. The van der Waals surface area contributed by atoms with E-state index in [0.717, 1.165) is 34.6 Å². The summed E-state index contributed by atoms with van der Waals surface area (Å²) in [5.74, 6) is 0.829. The van der Waals surface area contributed by atoms with Crippen LogP contribution < -0.4 is 4.74 Å². The minimum Gasteiger partial charge on any atom is -0.489 e. The second-order valence-electron chi connectivity index (χ2n) is 4.55. The summed E-state index contributed by atoms with van der Waals surface area (Å²) in [7, 11) is 1.56. The van der Waals surface area contributed by atoms with Gasteiger partial charge in [-0.05, 0) is 47.7 Å². The van der Waals surface area contributed by atoms with Crippen LogP contribution in [0, 0.1) is 0 Å². The smallest absolute Gasteiger partial charge is 0.119 e. The van der Waals surface area contributed by atoms with Crippen molar-refractivity contribution in [3.8, 4) is 5.75 Å². The van der Waals surface area contributed by atoms with Gasteiger partial charge >= 0.3 is 0 Å². The Labute approximate surface area is 129 Å². The number of oxime groups is 1. The summed E-state index contributed by atoms with van der Waals surface area (Å²) in [6.45, 7) is 6.56. The molecule has 0 unspecified atom stereocenters. The highest BCUT2D eigenvalue weighted by Crippen LogP contribution is 2.18. The van der Waals surface area contributed by atoms with E-state index in [1.807, 2.05) is 41.1 Å². The van der Waals surface area contributed by atoms with Gasteiger partial charge in [0.25, 0.3) is 0 Å². The second-order valence-corrected chi connectivity index (χ2v) is 5.33. The molecular formula is C17H19NO2S. The molecule has 0 N–H and O–H groups in total. The molecule has 21 heavy (non-hydrogen) atoms. The molecule has 0 aliphatic carbocycles. The van der Waals surface area contributed by atoms with Crippen molar-refractivity contribution in [1.29, 1.82) is 0 Å². The van der Waals surface area contributed by atoms with Crippen LogP contribution in [0.5, 0.6) is 5.75 Å². The molecule has 0 saturated carbocycles. The van der Waals surface area contributed by atoms with Gasteiger partial charge in [0.05, 0.1) is 0 Å². The molecule has 0 radical (unpaired) electrons. The Bertz CT molecular complexity index is 600. The van der Waals surface area contributed by atoms with E-state index < -0.39 is 0 Å². The van der Waals surface area contributed by atoms with E-state index in [4.69, 9.17) is 9.57 Å². The second kappa shape index (κ2) is 7.64. The maximum absolute atomic E-state index is 5.68. The minimum absolute atomic E-state index is 0.555. The normalized spacial score (nSPS) is 11.2. The predicted octanol–water partition coefficient (Wildman–Crippen LogP) is 4.49. The Morgan fingerprint density at radius 3 is 2.52 bits per heavy atom. The van der Waals surface area contributed by atoms with Gasteiger partial charge in [-0.15, -0.1) is 0 Å². The molecule has 0 atom stereocenters. The van der Waals surface area contributed by atoms with E-state index in [1.165, 1.54) is 0 Å². The number of nitrogens with zero attached hydrogens (tertiary/aromatic N) is 1. The number of hydrogen-bond acceptors (Lipinski definition) is 4. The summed E-state index contributed by atoms with van der Waals surface area (Å²) in [5, 5.41) is 8.19. The van der Waals surface area contributed by atoms with Gasteiger partial charge in [0.15, 0.2) is 0 Å². The largest absolute Gasteiger partial charge is 0.489 e. The Balaban J connectivity index is 2.13. The van der Waals surface area contributed by atoms with Crippen LogP contribution in [0.15, 0.2) is 58.4 Å². The number of ether oxygens (including phenoxy) is 1. The molecule has 0 saturated heterocycles. The standard InChI is InChI=1S/C17H19NO2S/c1-4-13(2)11-20-16-7-5-14(6-8-16)17(18-19-3)15-9-10-21-12-15/h5-10,12H,2,4,11H2,1,3H3/b18-17-. The summed E-state index contributed by atoms with van der Waals surface area (Å²) in [6.07, 6.45) is 0.931. The zero-order chi connectivity index (χ0) is 15.1. The average Bonchev–Trinajstić information content (AvgIpc) is 3.05. The lowest BCUT2D eigenvalue weighted by Gasteiger charge is -2.09. The van der Waals surface area contributed by atoms with Crippen LogP contribution in [0.1, 0.15) is 24.5 Å². The predicted molar refractivity (Wildman–Crippen MR) is 88.3 cm³/mol. The Hall–Kier alpha value is -2.07. The van der Waals surface area contributed by atoms with Crippen molar-refractivity contribution in [2.45, 2.75) is 13.3 Å². The molecule has 0 bridgehead atoms. The molecule has 0 aliphatic heterocycles. The summed E-state index contributed by atoms with van der Waals surface area (Å²) < 4.78 is 5.68. The van der Waals surface area contributed by atoms with Crippen molar-refractivity contribution in [2.75, 3.05) is 13.7 Å². The zero-order valence-electron chi connectivity index (χ0n) is 12.3. The number of rotatable bonds is 7. The Morgan fingerprint density at radius 1 is 1.19 bits per heavy atom. The fourth-order valence-electron chi connectivity index (χ4n) is 1.76. The third kappa shape index (κ3) is 4.20. The lowest BCUT2D eigenvalue weighted by atomic mass is 10.1. The summed E-state index contributed by atoms with van der Waals surface area (Å²) >= 11 is 1.63. The van der Waals surface area contributed by atoms with Crippen LogP contribution in [-0.4, -0.2) is 19.4 Å². The summed E-state index contributed by atoms with van der Waals surface area (Å²) in [4.78, 5) is 4.96. The molecular weight excluding hydrogens is 282 g/mol. The molecule has 0 amide bonds. The van der Waals surface area contributed by atoms with E-state index >= 15 is 0 Å². The molecule has 110 valence electrons. The van der Waals surface area contributed by atoms with Gasteiger partial charge in [-0.3, -0.25) is 0 Å². The first-order valence-electron chi connectivity index (χ1n) is 6.78. The van der Waals surface area contributed by atoms with Gasteiger partial charge < -0.3 is 9.57 Å². The molecule has 1 aromatic carbocycles. The lowest BCUT2D eigenvalue weighted by molar-refractivity contribution is 0.214. The van der Waals surface area contributed by atoms with Crippen molar-refractivity contribution in [3.63, 3.8) is 0 Å². The van der Waals surface area contributed by atoms with Crippen molar-refractivity contribution in [3.05, 3.63) is 64.4 Å². The van der Waals surface area contributed by atoms with Crippen molar-refractivity contribution < 1.29 is 9.57 Å². The van der Waals surface area contributed by atoms with Crippen LogP contribution in [-0.2, 0) is 4.84 Å². The molecule has 0 fully saturated rings. The van der Waals surface area contributed by atoms with Gasteiger partial charge in [-0.1, -0.05) is 18.7 Å². The van der Waals surface area contributed by atoms with E-state index in [0.29, 0.717) is 6.61 Å². The molecule has 3 nitrogen and oxygen atoms in total. The third-order valence-electron chi connectivity index (χ3n) is 3.05. The zero-order valence-corrected chi connectivity index (χ0v) is 13.2. The third-order valence-corrected chi connectivity index (χ3v) is 3.73. The van der Waals surface area contributed by atoms with Gasteiger partial charge in [-0.25, -0.2) is 0 Å². The Kier molecular flexibility index (Phi) is 5.58. The quantitative estimate of drug-likeness (QED) is 0.428. The fourth-order valence-corrected chi connectivity index (χ4v) is 2.40. The summed E-state index contributed by atoms with van der Waals surface area (Å²) in [6, 6.07) is 9.88. The number of hydrogen-bond donors (Lipinski definition) is 0. The van der Waals surface area contributed by atoms with Crippen LogP contribution in [0.2, 0.25) is 0 Å². The van der Waals surface area contributed by atoms with E-state index in [-0.39, 0.29) is 0 Å². The van der Waals surface area contributed by atoms with E-state index in [1.54, 1.807) is 18.4 Å². The van der Waals surface area contributed by atoms with Crippen molar-refractivity contribution >= 4 is 17.0 Å². The molecule has 0 spiro atoms. The molecule has 0 aliphatic rings. The molecule has 2 rings (SSSR count). The van der Waals surface area contributed by atoms with E-state index in [9.17, 15) is 0 Å². The monoisotopic (exact) mass is 301 g/mol. The van der Waals surface area contributed by atoms with Gasteiger partial charge in [-0.2, -0.15) is 11.3 Å². The number of benzene rings is 1. The van der Waals surface area contributed by atoms with Crippen molar-refractivity contribution in [2.24, 2.45) is 5.16 Å². The highest BCUT2D eigenvalue weighted by atomic mass is 32.1. The fraction of sp³-hybridized carbons (Fsp3) is 0.235. The van der Waals surface area contributed by atoms with Gasteiger partial charge in [0.1, 0.15) is 25.2 Å². The molecule has 2 aromatic rings. The first-order chi connectivity index (χ1) is 10.2. The van der Waals surface area contributed by atoms with Gasteiger partial charge in [0.2, 0.25) is 0 Å². The molecule has 4 heteroatoms. The molecule has 1 aromatic heterocycles. The van der Waals surface area contributed by atoms with Gasteiger partial charge in [0, 0.05) is 16.5 Å². The molecule has 1 heterocycles. The first kappa shape index (κ1) is 15.3. The SMILES string of the molecule is C=C(CC)COc1ccc(/C(=N/OC)c2ccsc2)cc1. The Morgan fingerprint density at radius 2 is 1.95 bits per heavy atom. The highest BCUT2D eigenvalue weighted by molar-refractivity contribution is 7.08. The van der Waals surface area contributed by atoms with Crippen LogP contribution in [0.3, 0.4) is 0 Å². The van der Waals surface area contributed by atoms with Crippen LogP contribution in [0.4, 0.5) is 0 Å². The number of thiophene rings is 1.